The second kappa shape index (κ2) is 11.0. The molecule has 0 amide bonds. The Morgan fingerprint density at radius 3 is 2.60 bits per heavy atom. The van der Waals surface area contributed by atoms with Crippen LogP contribution in [0, 0.1) is 11.2 Å². The number of nitrogens with one attached hydrogen (secondary N) is 2. The van der Waals surface area contributed by atoms with Crippen LogP contribution in [0.15, 0.2) is 47.9 Å². The summed E-state index contributed by atoms with van der Waals surface area (Å²) in [6.07, 6.45) is 3.39. The molecule has 0 radical (unpaired) electrons. The zero-order valence-electron chi connectivity index (χ0n) is 20.7. The fourth-order valence-corrected chi connectivity index (χ4v) is 3.61. The average molecular weight is 485 g/mol. The summed E-state index contributed by atoms with van der Waals surface area (Å²) in [6, 6.07) is 7.71. The number of hydrogen-bond acceptors (Lipinski definition) is 7. The van der Waals surface area contributed by atoms with Crippen molar-refractivity contribution in [2.45, 2.75) is 46.3 Å². The van der Waals surface area contributed by atoms with Crippen LogP contribution < -0.4 is 20.7 Å². The first-order chi connectivity index (χ1) is 16.6. The van der Waals surface area contributed by atoms with Crippen LogP contribution in [-0.2, 0) is 11.4 Å². The molecule has 188 valence electrons. The van der Waals surface area contributed by atoms with E-state index in [0.717, 1.165) is 5.56 Å². The Morgan fingerprint density at radius 2 is 2.03 bits per heavy atom. The molecule has 0 aliphatic carbocycles. The van der Waals surface area contributed by atoms with E-state index in [1.54, 1.807) is 38.2 Å². The molecule has 5 N–H and O–H groups in total. The van der Waals surface area contributed by atoms with Gasteiger partial charge in [-0.2, -0.15) is 0 Å². The second-order valence-corrected chi connectivity index (χ2v) is 8.75. The van der Waals surface area contributed by atoms with E-state index in [9.17, 15) is 5.11 Å². The summed E-state index contributed by atoms with van der Waals surface area (Å²) < 4.78 is 20.5. The van der Waals surface area contributed by atoms with Crippen molar-refractivity contribution in [3.05, 3.63) is 65.2 Å². The summed E-state index contributed by atoms with van der Waals surface area (Å²) in [7, 11) is 1.52. The lowest BCUT2D eigenvalue weighted by molar-refractivity contribution is 0.0854. The topological polar surface area (TPSA) is 119 Å². The summed E-state index contributed by atoms with van der Waals surface area (Å²) in [5.74, 6) is -0.439. The number of nitrogens with zero attached hydrogens (tertiary/aromatic N) is 3. The molecule has 0 unspecified atom stereocenters. The number of halogens is 1. The van der Waals surface area contributed by atoms with E-state index in [1.165, 1.54) is 24.1 Å². The Labute approximate surface area is 205 Å². The van der Waals surface area contributed by atoms with Crippen LogP contribution in [-0.4, -0.2) is 41.7 Å². The molecule has 0 saturated heterocycles. The van der Waals surface area contributed by atoms with Crippen molar-refractivity contribution in [1.82, 2.24) is 10.2 Å². The normalized spacial score (nSPS) is 13.4. The minimum Gasteiger partial charge on any atom is -0.507 e. The van der Waals surface area contributed by atoms with Gasteiger partial charge in [0.1, 0.15) is 29.3 Å². The van der Waals surface area contributed by atoms with Crippen LogP contribution in [0.2, 0.25) is 0 Å². The minimum absolute atomic E-state index is 0.0618. The number of rotatable bonds is 8. The highest BCUT2D eigenvalue weighted by molar-refractivity contribution is 6.23. The van der Waals surface area contributed by atoms with Crippen LogP contribution in [0.4, 0.5) is 10.1 Å². The van der Waals surface area contributed by atoms with Gasteiger partial charge in [0.25, 0.3) is 0 Å². The Kier molecular flexibility index (Phi) is 8.06. The molecule has 9 nitrogen and oxygen atoms in total. The first kappa shape index (κ1) is 25.7. The third kappa shape index (κ3) is 5.95. The summed E-state index contributed by atoms with van der Waals surface area (Å²) >= 11 is 0. The van der Waals surface area contributed by atoms with Gasteiger partial charge in [0.2, 0.25) is 5.96 Å². The number of amidine groups is 1. The number of nitrogens with two attached hydrogens (primary N) is 1. The molecular weight excluding hydrogens is 451 g/mol. The molecule has 0 bridgehead atoms. The Bertz CT molecular complexity index is 1130. The molecule has 1 aliphatic heterocycles. The van der Waals surface area contributed by atoms with E-state index < -0.39 is 5.82 Å². The fourth-order valence-electron chi connectivity index (χ4n) is 3.61. The van der Waals surface area contributed by atoms with Crippen molar-refractivity contribution < 1.29 is 19.1 Å². The zero-order valence-corrected chi connectivity index (χ0v) is 20.7. The molecule has 35 heavy (non-hydrogen) atoms. The standard InChI is InChI=1S/C25H33FN6O3/c1-15(2)19-11-20(22(33)12-23(19)34-5)24(27)32(25(28)30-35-16(3)4)18-7-6-17(21(26)10-18)13-31-9-8-29-14-31/h6-12,15-16,27,29,33H,13-14H2,1-5H3,(H2,28,30). The molecule has 1 aliphatic rings. The van der Waals surface area contributed by atoms with Crippen LogP contribution in [0.25, 0.3) is 0 Å². The van der Waals surface area contributed by atoms with Crippen molar-refractivity contribution in [2.24, 2.45) is 10.9 Å². The van der Waals surface area contributed by atoms with E-state index in [2.05, 4.69) is 10.5 Å². The summed E-state index contributed by atoms with van der Waals surface area (Å²) in [5.41, 5.74) is 7.95. The molecule has 0 saturated carbocycles. The highest BCUT2D eigenvalue weighted by atomic mass is 19.1. The third-order valence-corrected chi connectivity index (χ3v) is 5.40. The van der Waals surface area contributed by atoms with Crippen molar-refractivity contribution in [3.8, 4) is 11.5 Å². The second-order valence-electron chi connectivity index (χ2n) is 8.75. The van der Waals surface area contributed by atoms with Crippen molar-refractivity contribution in [3.63, 3.8) is 0 Å². The van der Waals surface area contributed by atoms with E-state index in [4.69, 9.17) is 20.7 Å². The molecule has 1 heterocycles. The average Bonchev–Trinajstić information content (AvgIpc) is 3.32. The van der Waals surface area contributed by atoms with Gasteiger partial charge in [-0.05, 0) is 48.7 Å². The maximum Gasteiger partial charge on any atom is 0.243 e. The molecule has 3 rings (SSSR count). The van der Waals surface area contributed by atoms with Gasteiger partial charge in [-0.3, -0.25) is 10.3 Å². The largest absolute Gasteiger partial charge is 0.507 e. The first-order valence-corrected chi connectivity index (χ1v) is 11.3. The lowest BCUT2D eigenvalue weighted by Crippen LogP contribution is -2.42. The monoisotopic (exact) mass is 484 g/mol. The van der Waals surface area contributed by atoms with Crippen molar-refractivity contribution >= 4 is 17.5 Å². The summed E-state index contributed by atoms with van der Waals surface area (Å²) in [5, 5.41) is 26.6. The molecule has 2 aromatic rings. The predicted molar refractivity (Wildman–Crippen MR) is 135 cm³/mol. The van der Waals surface area contributed by atoms with Gasteiger partial charge in [-0.15, -0.1) is 0 Å². The molecule has 10 heteroatoms. The zero-order chi connectivity index (χ0) is 25.7. The van der Waals surface area contributed by atoms with Crippen molar-refractivity contribution in [1.29, 1.82) is 5.41 Å². The minimum atomic E-state index is -0.458. The number of guanidine groups is 1. The van der Waals surface area contributed by atoms with Gasteiger partial charge < -0.3 is 30.6 Å². The van der Waals surface area contributed by atoms with Gasteiger partial charge >= 0.3 is 0 Å². The van der Waals surface area contributed by atoms with Gasteiger partial charge in [-0.25, -0.2) is 4.39 Å². The predicted octanol–water partition coefficient (Wildman–Crippen LogP) is 3.98. The number of anilines is 1. The van der Waals surface area contributed by atoms with E-state index >= 15 is 4.39 Å². The Hall–Kier alpha value is -3.95. The van der Waals surface area contributed by atoms with Crippen LogP contribution in [0.3, 0.4) is 0 Å². The molecule has 0 fully saturated rings. The first-order valence-electron chi connectivity index (χ1n) is 11.3. The van der Waals surface area contributed by atoms with Gasteiger partial charge in [0.05, 0.1) is 25.0 Å². The van der Waals surface area contributed by atoms with Crippen LogP contribution in [0.1, 0.15) is 50.3 Å². The van der Waals surface area contributed by atoms with Crippen LogP contribution >= 0.6 is 0 Å². The molecule has 0 atom stereocenters. The number of hydrogen-bond donors (Lipinski definition) is 4. The smallest absolute Gasteiger partial charge is 0.243 e. The molecule has 2 aromatic carbocycles. The number of ether oxygens (including phenoxy) is 1. The van der Waals surface area contributed by atoms with Crippen molar-refractivity contribution in [2.75, 3.05) is 18.7 Å². The van der Waals surface area contributed by atoms with Gasteiger partial charge in [0, 0.05) is 30.6 Å². The fraction of sp³-hybridized carbons (Fsp3) is 0.360. The maximum absolute atomic E-state index is 15.1. The van der Waals surface area contributed by atoms with E-state index in [1.807, 2.05) is 24.9 Å². The van der Waals surface area contributed by atoms with E-state index in [0.29, 0.717) is 24.5 Å². The molecular formula is C25H33FN6O3. The molecule has 0 spiro atoms. The maximum atomic E-state index is 15.1. The SMILES string of the molecule is COc1cc(O)c(C(=N)N(/C(N)=N/OC(C)C)c2ccc(CN3C=CNC3)c(F)c2)cc1C(C)C. The number of phenols is 1. The number of aromatic hydroxyl groups is 1. The Balaban J connectivity index is 2.04. The number of phenolic OH excluding ortho intramolecular Hbond substituents is 1. The number of benzene rings is 2. The summed E-state index contributed by atoms with van der Waals surface area (Å²) in [6.45, 7) is 8.50. The highest BCUT2D eigenvalue weighted by Gasteiger charge is 2.25. The number of methoxy groups -OCH3 is 1. The Morgan fingerprint density at radius 1 is 1.29 bits per heavy atom. The summed E-state index contributed by atoms with van der Waals surface area (Å²) in [4.78, 5) is 8.45. The third-order valence-electron chi connectivity index (χ3n) is 5.40. The molecule has 0 aromatic heterocycles. The van der Waals surface area contributed by atoms with E-state index in [-0.39, 0.29) is 40.8 Å². The van der Waals surface area contributed by atoms with Crippen LogP contribution in [0.5, 0.6) is 11.5 Å². The van der Waals surface area contributed by atoms with Gasteiger partial charge in [0.15, 0.2) is 0 Å². The van der Waals surface area contributed by atoms with Gasteiger partial charge in [-0.1, -0.05) is 19.9 Å². The number of oxime groups is 1. The lowest BCUT2D eigenvalue weighted by atomic mass is 9.98. The highest BCUT2D eigenvalue weighted by Crippen LogP contribution is 2.34. The lowest BCUT2D eigenvalue weighted by Gasteiger charge is -2.26. The quantitative estimate of drug-likeness (QED) is 0.254.